The van der Waals surface area contributed by atoms with Crippen molar-refractivity contribution in [3.05, 3.63) is 527 Å². The van der Waals surface area contributed by atoms with Crippen LogP contribution >= 0.6 is 0 Å². The first-order valence-electron chi connectivity index (χ1n) is 58.6. The Morgan fingerprint density at radius 2 is 0.432 bits per heavy atom. The zero-order chi connectivity index (χ0) is 113. The molecule has 4 aromatic heterocycles. The van der Waals surface area contributed by atoms with E-state index in [1.165, 1.54) is 0 Å². The second kappa shape index (κ2) is 34.3. The lowest BCUT2D eigenvalue weighted by atomic mass is 9.83. The molecule has 4 nitrogen and oxygen atoms in total. The first-order chi connectivity index (χ1) is 80.8. The number of hydrogen-bond acceptors (Lipinski definition) is 3. The molecule has 0 saturated carbocycles. The molecule has 0 amide bonds. The molecule has 0 aliphatic heterocycles. The minimum Gasteiger partial charge on any atom is -0.455 e. The van der Waals surface area contributed by atoms with Gasteiger partial charge in [0.15, 0.2) is 5.58 Å². The summed E-state index contributed by atoms with van der Waals surface area (Å²) >= 11 is 0. The summed E-state index contributed by atoms with van der Waals surface area (Å²) in [6, 6.07) is 127. The van der Waals surface area contributed by atoms with Gasteiger partial charge in [-0.3, -0.25) is 0 Å². The average molecular weight is 1880 g/mol. The summed E-state index contributed by atoms with van der Waals surface area (Å²) in [5.41, 5.74) is 19.1. The lowest BCUT2D eigenvalue weighted by Gasteiger charge is -2.20. The van der Waals surface area contributed by atoms with Crippen molar-refractivity contribution in [3.63, 3.8) is 0 Å². The summed E-state index contributed by atoms with van der Waals surface area (Å²) < 4.78 is 207. The summed E-state index contributed by atoms with van der Waals surface area (Å²) in [7, 11) is 0. The Morgan fingerprint density at radius 1 is 0.158 bits per heavy atom. The van der Waals surface area contributed by atoms with Crippen LogP contribution in [0.1, 0.15) is 27.4 Å². The molecule has 678 valence electrons. The third kappa shape index (κ3) is 13.3. The number of rotatable bonds is 10. The maximum absolute atomic E-state index is 9.66. The molecule has 0 atom stereocenters. The monoisotopic (exact) mass is 1870 g/mol. The van der Waals surface area contributed by atoms with E-state index in [-0.39, 0.29) is 121 Å². The van der Waals surface area contributed by atoms with Crippen molar-refractivity contribution in [2.24, 2.45) is 0 Å². The van der Waals surface area contributed by atoms with Gasteiger partial charge in [0.05, 0.1) is 44.1 Å². The van der Waals surface area contributed by atoms with Crippen LogP contribution in [0.4, 0.5) is 0 Å². The Hall–Kier alpha value is -19.3. The van der Waals surface area contributed by atoms with Gasteiger partial charge in [0.1, 0.15) is 27.9 Å². The van der Waals surface area contributed by atoms with Crippen LogP contribution in [0, 0.1) is 0 Å². The predicted octanol–water partition coefficient (Wildman–Crippen LogP) is 40.4. The van der Waals surface area contributed by atoms with Crippen LogP contribution in [0.5, 0.6) is 0 Å². The summed E-state index contributed by atoms with van der Waals surface area (Å²) in [6.45, 7) is 0. The molecular weight excluding hydrogens is 1770 g/mol. The van der Waals surface area contributed by atoms with Crippen molar-refractivity contribution in [1.82, 2.24) is 4.57 Å². The molecule has 0 fully saturated rings. The van der Waals surface area contributed by atoms with Gasteiger partial charge in [-0.15, -0.1) is 0 Å². The normalized spacial score (nSPS) is 13.8. The Morgan fingerprint density at radius 3 is 0.863 bits per heavy atom. The zero-order valence-corrected chi connectivity index (χ0v) is 77.9. The van der Waals surface area contributed by atoms with Crippen LogP contribution in [0.3, 0.4) is 0 Å². The van der Waals surface area contributed by atoms with Gasteiger partial charge < -0.3 is 17.8 Å². The molecule has 0 bridgehead atoms. The molecule has 0 aliphatic rings. The van der Waals surface area contributed by atoms with Gasteiger partial charge >= 0.3 is 0 Å². The minimum atomic E-state index is -0.449. The molecule has 31 rings (SSSR count). The number of furan rings is 3. The van der Waals surface area contributed by atoms with Gasteiger partial charge in [-0.05, 0) is 251 Å². The molecule has 0 saturated heterocycles. The van der Waals surface area contributed by atoms with E-state index < -0.39 is 48.3 Å². The third-order valence-corrected chi connectivity index (χ3v) is 29.1. The third-order valence-electron chi connectivity index (χ3n) is 29.1. The summed E-state index contributed by atoms with van der Waals surface area (Å²) in [5, 5.41) is 18.5. The van der Waals surface area contributed by atoms with Crippen LogP contribution in [0.2, 0.25) is 0 Å². The highest BCUT2D eigenvalue weighted by Gasteiger charge is 2.30. The largest absolute Gasteiger partial charge is 0.455 e. The first kappa shape index (κ1) is 65.6. The molecule has 0 aliphatic carbocycles. The van der Waals surface area contributed by atoms with E-state index in [2.05, 4.69) is 126 Å². The number of aromatic nitrogens is 1. The number of para-hydroxylation sites is 4. The fourth-order valence-corrected chi connectivity index (χ4v) is 22.9. The molecule has 0 N–H and O–H groups in total. The van der Waals surface area contributed by atoms with Crippen molar-refractivity contribution >= 4 is 195 Å². The maximum atomic E-state index is 9.66. The predicted molar refractivity (Wildman–Crippen MR) is 619 cm³/mol. The highest BCUT2D eigenvalue weighted by molar-refractivity contribution is 6.33. The Bertz CT molecular complexity index is 12000. The Balaban J connectivity index is 0.000000114. The van der Waals surface area contributed by atoms with E-state index in [0.717, 1.165) is 170 Å². The second-order valence-electron chi connectivity index (χ2n) is 36.8. The van der Waals surface area contributed by atoms with Gasteiger partial charge in [-0.1, -0.05) is 473 Å². The summed E-state index contributed by atoms with van der Waals surface area (Å²) in [6.07, 6.45) is 0. The van der Waals surface area contributed by atoms with Gasteiger partial charge in [-0.2, -0.15) is 0 Å². The molecule has 31 aromatic rings. The highest BCUT2D eigenvalue weighted by Crippen LogP contribution is 2.56. The molecule has 0 spiro atoms. The molecule has 0 radical (unpaired) electrons. The quantitative estimate of drug-likeness (QED) is 0.128. The smallest absolute Gasteiger partial charge is 0.160 e. The first-order valence-corrected chi connectivity index (χ1v) is 48.6. The van der Waals surface area contributed by atoms with Crippen LogP contribution in [-0.2, 0) is 0 Å². The minimum absolute atomic E-state index is 0.0577. The fraction of sp³-hybridized carbons (Fsp3) is 0. The van der Waals surface area contributed by atoms with Crippen LogP contribution < -0.4 is 0 Å². The van der Waals surface area contributed by atoms with Crippen molar-refractivity contribution in [2.45, 2.75) is 0 Å². The van der Waals surface area contributed by atoms with E-state index in [1.807, 2.05) is 285 Å². The van der Waals surface area contributed by atoms with Crippen molar-refractivity contribution in [1.29, 1.82) is 0 Å². The average Bonchev–Trinajstić information content (AvgIpc) is 0.989. The summed E-state index contributed by atoms with van der Waals surface area (Å²) in [4.78, 5) is 0. The van der Waals surface area contributed by atoms with E-state index in [1.54, 1.807) is 0 Å². The van der Waals surface area contributed by atoms with E-state index in [0.29, 0.717) is 82.8 Å². The second-order valence-corrected chi connectivity index (χ2v) is 36.8. The Labute approximate surface area is 868 Å². The molecule has 4 heterocycles. The lowest BCUT2D eigenvalue weighted by molar-refractivity contribution is 0.666. The molecule has 4 heteroatoms. The highest BCUT2D eigenvalue weighted by atomic mass is 16.3. The van der Waals surface area contributed by atoms with Gasteiger partial charge in [0.2, 0.25) is 0 Å². The van der Waals surface area contributed by atoms with Gasteiger partial charge in [-0.25, -0.2) is 0 Å². The SMILES string of the molecule is [2H]c1c([2H])c([2H])c2c(-c3ccc(-c4ccccc4)c4oc5ccccc5c34)c3c([2H])c([2H])c([2H])c([2H])c3c(-c3cccc4ccccc34)c2c1[2H].[2H]c1c([2H])c([2H])c2c(-c3ccc(-c4ccccc4-c4ccccc4)c4oc5ccccc5c34)c3ccccc3c(-c3cccc4ccccc34)c2c1[2H].[2H]c1c([2H])c([2H])c2c(-c3ccc(-n4c5ccccc5c5cc6ccccc6cc54)c4oc5ccccc5c34)c3c([2H])c([2H])c([2H])c([2H])c3c(-c3cccc4ccccc34)c2c1[2H]. The number of nitrogens with zero attached hydrogens (tertiary/aromatic N) is 1. The molecular formula is C142H87NO3. The number of hydrogen-bond donors (Lipinski definition) is 0. The van der Waals surface area contributed by atoms with E-state index >= 15 is 0 Å². The topological polar surface area (TPSA) is 44.4 Å². The van der Waals surface area contributed by atoms with Crippen LogP contribution in [-0.4, -0.2) is 4.57 Å². The summed E-state index contributed by atoms with van der Waals surface area (Å²) in [5.74, 6) is 0. The maximum Gasteiger partial charge on any atom is 0.160 e. The standard InChI is InChI=1S/C52H31NO.C48H30O.C42H26O/c1-2-16-34-31-47-44(30-33(34)15-1)36-19-9-11-26-45(36)53(47)46-29-28-43(51-42-24-10-12-27-48(42)54-52(46)51)50-40-22-7-5-20-38(40)49(39-21-6-8-23-41(39)50)37-25-13-17-32-14-3-4-18-35(32)37;1-2-15-31(16-3-1)33-19-6-7-21-35(33)41-29-30-43(47-42-26-12-13-28-44(42)49-48(41)47)46-39-24-10-8-22-37(39)45(38-23-9-11-25-40(38)46)36-27-14-18-32-17-4-5-20-34(32)36;1-2-13-28(14-3-1)30-25-26-37(41-36-22-10-11-24-38(36)43-42(30)41)40-34-20-8-6-18-32(34)39(33-19-7-9-21-35(33)40)31-23-12-16-27-15-4-5-17-29(27)31/h1-31H;1-30H;1-26H/i5D,6D,7D,8D,20D,21D,22D,23D;8D,10D,22D,24D;6D,7D,8D,9D,18D,19D,20D,21D. The molecule has 27 aromatic carbocycles. The van der Waals surface area contributed by atoms with Gasteiger partial charge in [0.25, 0.3) is 0 Å². The Kier molecular flexibility index (Phi) is 15.4. The van der Waals surface area contributed by atoms with E-state index in [4.69, 9.17) is 27.0 Å². The fourth-order valence-electron chi connectivity index (χ4n) is 22.9. The molecule has 146 heavy (non-hydrogen) atoms. The van der Waals surface area contributed by atoms with Crippen LogP contribution in [0.15, 0.2) is 541 Å². The van der Waals surface area contributed by atoms with Crippen LogP contribution in [0.25, 0.3) is 301 Å². The lowest BCUT2D eigenvalue weighted by Crippen LogP contribution is -1.96. The van der Waals surface area contributed by atoms with E-state index in [9.17, 15) is 13.7 Å². The molecule has 0 unspecified atom stereocenters. The number of fused-ring (bicyclic) bond motifs is 22. The van der Waals surface area contributed by atoms with Crippen molar-refractivity contribution < 1.29 is 40.7 Å². The van der Waals surface area contributed by atoms with Crippen molar-refractivity contribution in [3.8, 4) is 106 Å². The zero-order valence-electron chi connectivity index (χ0n) is 97.9. The number of benzene rings is 27. The van der Waals surface area contributed by atoms with Gasteiger partial charge in [0, 0.05) is 54.2 Å². The van der Waals surface area contributed by atoms with Crippen molar-refractivity contribution in [2.75, 3.05) is 0 Å².